The van der Waals surface area contributed by atoms with Gasteiger partial charge in [0, 0.05) is 4.53 Å². The Hall–Kier alpha value is -0.820. The van der Waals surface area contributed by atoms with Gasteiger partial charge in [-0.25, -0.2) is 0 Å². The fourth-order valence-corrected chi connectivity index (χ4v) is 2.15. The van der Waals surface area contributed by atoms with Crippen LogP contribution in [0.1, 0.15) is 19.4 Å². The number of hydrogen-bond donors (Lipinski definition) is 0. The number of thiophene rings is 1. The van der Waals surface area contributed by atoms with Gasteiger partial charge in [-0.15, -0.1) is 11.3 Å². The molecule has 0 nitrogen and oxygen atoms in total. The second-order valence-electron chi connectivity index (χ2n) is 2.68. The summed E-state index contributed by atoms with van der Waals surface area (Å²) in [4.78, 5) is 0. The Kier molecular flexibility index (Phi) is 3.30. The highest BCUT2D eigenvalue weighted by Gasteiger charge is 1.90. The lowest BCUT2D eigenvalue weighted by molar-refractivity contribution is 1.46. The third-order valence-electron chi connectivity index (χ3n) is 1.78. The molecule has 0 spiro atoms. The molecule has 0 aliphatic heterocycles. The molecule has 0 atom stereocenters. The highest BCUT2D eigenvalue weighted by molar-refractivity contribution is 7.07. The Balaban J connectivity index is 3.36. The Morgan fingerprint density at radius 1 is 1.33 bits per heavy atom. The maximum atomic E-state index is 2.20. The van der Waals surface area contributed by atoms with E-state index in [1.165, 1.54) is 15.3 Å². The van der Waals surface area contributed by atoms with Gasteiger partial charge in [0.15, 0.2) is 0 Å². The molecular weight excluding hydrogens is 164 g/mol. The first-order valence-electron chi connectivity index (χ1n) is 4.13. The first-order chi connectivity index (χ1) is 5.79. The Morgan fingerprint density at radius 3 is 2.67 bits per heavy atom. The summed E-state index contributed by atoms with van der Waals surface area (Å²) in [6, 6.07) is 0. The topological polar surface area (TPSA) is 0 Å². The summed E-state index contributed by atoms with van der Waals surface area (Å²) >= 11 is 1.80. The molecule has 0 amide bonds. The van der Waals surface area contributed by atoms with Crippen LogP contribution in [0.25, 0.3) is 12.2 Å². The Labute approximate surface area is 77.6 Å². The summed E-state index contributed by atoms with van der Waals surface area (Å²) in [7, 11) is 0. The molecule has 0 aliphatic carbocycles. The molecule has 1 aromatic heterocycles. The minimum absolute atomic E-state index is 1.35. The molecule has 0 N–H and O–H groups in total. The summed E-state index contributed by atoms with van der Waals surface area (Å²) in [5.41, 5.74) is 1.37. The third kappa shape index (κ3) is 1.86. The van der Waals surface area contributed by atoms with E-state index in [0.29, 0.717) is 0 Å². The van der Waals surface area contributed by atoms with Crippen LogP contribution < -0.4 is 9.75 Å². The van der Waals surface area contributed by atoms with E-state index in [2.05, 4.69) is 43.5 Å². The van der Waals surface area contributed by atoms with Gasteiger partial charge in [0.1, 0.15) is 0 Å². The molecule has 0 unspecified atom stereocenters. The predicted octanol–water partition coefficient (Wildman–Crippen LogP) is 2.21. The number of hydrogen-bond acceptors (Lipinski definition) is 1. The van der Waals surface area contributed by atoms with Crippen LogP contribution in [0.15, 0.2) is 17.5 Å². The van der Waals surface area contributed by atoms with Gasteiger partial charge in [-0.05, 0) is 43.0 Å². The van der Waals surface area contributed by atoms with Gasteiger partial charge in [-0.3, -0.25) is 0 Å². The zero-order chi connectivity index (χ0) is 8.97. The van der Waals surface area contributed by atoms with Crippen molar-refractivity contribution in [2.75, 3.05) is 0 Å². The van der Waals surface area contributed by atoms with E-state index in [4.69, 9.17) is 0 Å². The second-order valence-corrected chi connectivity index (χ2v) is 3.59. The molecule has 1 aromatic rings. The maximum Gasteiger partial charge on any atom is 0.0342 e. The molecule has 0 fully saturated rings. The van der Waals surface area contributed by atoms with Crippen LogP contribution >= 0.6 is 11.3 Å². The van der Waals surface area contributed by atoms with Crippen molar-refractivity contribution in [1.82, 2.24) is 0 Å². The van der Waals surface area contributed by atoms with Gasteiger partial charge >= 0.3 is 0 Å². The minimum atomic E-state index is 1.35. The van der Waals surface area contributed by atoms with Gasteiger partial charge < -0.3 is 0 Å². The Bertz CT molecular complexity index is 380. The molecular formula is C11H14S. The molecule has 0 saturated carbocycles. The standard InChI is InChI=1S/C11H14S/c1-4-6-7-11-10(5-2)9(3)8-12-11/h4-8H,1-3H3/b6-4-,10-5-,11-7+. The van der Waals surface area contributed by atoms with Gasteiger partial charge in [0.05, 0.1) is 0 Å². The van der Waals surface area contributed by atoms with Crippen molar-refractivity contribution >= 4 is 23.5 Å². The van der Waals surface area contributed by atoms with Crippen molar-refractivity contribution in [2.24, 2.45) is 0 Å². The lowest BCUT2D eigenvalue weighted by Crippen LogP contribution is -2.19. The van der Waals surface area contributed by atoms with Crippen LogP contribution in [-0.4, -0.2) is 0 Å². The number of allylic oxidation sites excluding steroid dienone is 2. The largest absolute Gasteiger partial charge is 0.144 e. The van der Waals surface area contributed by atoms with Crippen molar-refractivity contribution in [3.05, 3.63) is 32.8 Å². The molecule has 0 bridgehead atoms. The zero-order valence-corrected chi connectivity index (χ0v) is 8.61. The minimum Gasteiger partial charge on any atom is -0.144 e. The summed E-state index contributed by atoms with van der Waals surface area (Å²) in [6.07, 6.45) is 8.46. The van der Waals surface area contributed by atoms with Gasteiger partial charge in [-0.1, -0.05) is 18.2 Å². The molecule has 1 rings (SSSR count). The SMILES string of the molecule is C\C=C/C=c1/scc(C)/c1=C/C. The van der Waals surface area contributed by atoms with Gasteiger partial charge in [0.25, 0.3) is 0 Å². The summed E-state index contributed by atoms with van der Waals surface area (Å²) in [5, 5.41) is 3.57. The zero-order valence-electron chi connectivity index (χ0n) is 7.79. The first-order valence-corrected chi connectivity index (χ1v) is 5.01. The molecule has 0 radical (unpaired) electrons. The quantitative estimate of drug-likeness (QED) is 0.618. The molecule has 12 heavy (non-hydrogen) atoms. The molecule has 64 valence electrons. The molecule has 1 heteroatoms. The summed E-state index contributed by atoms with van der Waals surface area (Å²) < 4.78 is 1.35. The Morgan fingerprint density at radius 2 is 2.08 bits per heavy atom. The van der Waals surface area contributed by atoms with E-state index < -0.39 is 0 Å². The van der Waals surface area contributed by atoms with Crippen molar-refractivity contribution in [3.8, 4) is 0 Å². The van der Waals surface area contributed by atoms with E-state index in [-0.39, 0.29) is 0 Å². The lowest BCUT2D eigenvalue weighted by Gasteiger charge is -1.79. The molecule has 0 aromatic carbocycles. The van der Waals surface area contributed by atoms with E-state index in [1.54, 1.807) is 11.3 Å². The van der Waals surface area contributed by atoms with Gasteiger partial charge in [0.2, 0.25) is 0 Å². The van der Waals surface area contributed by atoms with Crippen LogP contribution in [0.5, 0.6) is 0 Å². The van der Waals surface area contributed by atoms with Crippen LogP contribution in [0.3, 0.4) is 0 Å². The molecule has 0 saturated heterocycles. The molecule has 0 aliphatic rings. The summed E-state index contributed by atoms with van der Waals surface area (Å²) in [5.74, 6) is 0. The number of aryl methyl sites for hydroxylation is 1. The van der Waals surface area contributed by atoms with Gasteiger partial charge in [-0.2, -0.15) is 0 Å². The van der Waals surface area contributed by atoms with Crippen molar-refractivity contribution in [1.29, 1.82) is 0 Å². The number of rotatable bonds is 1. The fourth-order valence-electron chi connectivity index (χ4n) is 1.16. The smallest absolute Gasteiger partial charge is 0.0342 e. The van der Waals surface area contributed by atoms with E-state index in [1.807, 2.05) is 6.92 Å². The highest BCUT2D eigenvalue weighted by atomic mass is 32.1. The second kappa shape index (κ2) is 4.27. The van der Waals surface area contributed by atoms with Crippen LogP contribution in [-0.2, 0) is 0 Å². The monoisotopic (exact) mass is 178 g/mol. The average molecular weight is 178 g/mol. The first kappa shape index (κ1) is 9.27. The predicted molar refractivity (Wildman–Crippen MR) is 57.7 cm³/mol. The molecule has 1 heterocycles. The van der Waals surface area contributed by atoms with E-state index in [0.717, 1.165) is 0 Å². The third-order valence-corrected chi connectivity index (χ3v) is 2.86. The average Bonchev–Trinajstić information content (AvgIpc) is 2.43. The van der Waals surface area contributed by atoms with E-state index in [9.17, 15) is 0 Å². The lowest BCUT2D eigenvalue weighted by atomic mass is 10.3. The van der Waals surface area contributed by atoms with Crippen molar-refractivity contribution in [2.45, 2.75) is 20.8 Å². The fraction of sp³-hybridized carbons (Fsp3) is 0.273. The van der Waals surface area contributed by atoms with Crippen molar-refractivity contribution in [3.63, 3.8) is 0 Å². The normalized spacial score (nSPS) is 14.9. The highest BCUT2D eigenvalue weighted by Crippen LogP contribution is 1.91. The maximum absolute atomic E-state index is 2.20. The van der Waals surface area contributed by atoms with Crippen LogP contribution in [0, 0.1) is 6.92 Å². The van der Waals surface area contributed by atoms with Crippen molar-refractivity contribution < 1.29 is 0 Å². The van der Waals surface area contributed by atoms with E-state index >= 15 is 0 Å². The van der Waals surface area contributed by atoms with Crippen LogP contribution in [0.2, 0.25) is 0 Å². The van der Waals surface area contributed by atoms with Crippen LogP contribution in [0.4, 0.5) is 0 Å². The summed E-state index contributed by atoms with van der Waals surface area (Å²) in [6.45, 7) is 6.27.